The molecule has 0 N–H and O–H groups in total. The number of amides is 1. The van der Waals surface area contributed by atoms with E-state index in [0.717, 1.165) is 11.3 Å². The molecule has 17 heavy (non-hydrogen) atoms. The lowest BCUT2D eigenvalue weighted by molar-refractivity contribution is -0.122. The summed E-state index contributed by atoms with van der Waals surface area (Å²) in [5.74, 6) is -0.0679. The maximum Gasteiger partial charge on any atom is 0.237 e. The van der Waals surface area contributed by atoms with Gasteiger partial charge in [-0.3, -0.25) is 4.79 Å². The monoisotopic (exact) mass is 228 g/mol. The first-order valence-electron chi connectivity index (χ1n) is 5.79. The number of carbonyl (C=O) groups excluding carboxylic acids is 1. The summed E-state index contributed by atoms with van der Waals surface area (Å²) in [5.41, 5.74) is 1.52. The quantitative estimate of drug-likeness (QED) is 0.780. The van der Waals surface area contributed by atoms with Crippen molar-refractivity contribution in [2.75, 3.05) is 11.4 Å². The number of hydrogen-bond donors (Lipinski definition) is 0. The molecule has 0 saturated heterocycles. The average Bonchev–Trinajstić information content (AvgIpc) is 2.51. The highest BCUT2D eigenvalue weighted by molar-refractivity contribution is 6.07. The van der Waals surface area contributed by atoms with Gasteiger partial charge in [0.15, 0.2) is 0 Å². The topological polar surface area (TPSA) is 44.1 Å². The van der Waals surface area contributed by atoms with E-state index in [1.807, 2.05) is 45.0 Å². The van der Waals surface area contributed by atoms with Crippen molar-refractivity contribution in [3.8, 4) is 6.07 Å². The molecule has 2 rings (SSSR count). The van der Waals surface area contributed by atoms with E-state index in [0.29, 0.717) is 6.54 Å². The Morgan fingerprint density at radius 1 is 1.41 bits per heavy atom. The van der Waals surface area contributed by atoms with Crippen molar-refractivity contribution < 1.29 is 4.79 Å². The molecular formula is C14H16N2O. The third kappa shape index (κ3) is 1.70. The first-order valence-corrected chi connectivity index (χ1v) is 5.79. The van der Waals surface area contributed by atoms with Gasteiger partial charge in [0.25, 0.3) is 0 Å². The molecule has 0 fully saturated rings. The molecule has 1 aliphatic rings. The van der Waals surface area contributed by atoms with Crippen LogP contribution >= 0.6 is 0 Å². The number of fused-ring (bicyclic) bond motifs is 1. The zero-order valence-corrected chi connectivity index (χ0v) is 10.4. The molecule has 0 aliphatic carbocycles. The molecule has 0 saturated carbocycles. The van der Waals surface area contributed by atoms with Crippen LogP contribution in [0.5, 0.6) is 0 Å². The second kappa shape index (κ2) is 3.89. The predicted octanol–water partition coefficient (Wildman–Crippen LogP) is 2.47. The predicted molar refractivity (Wildman–Crippen MR) is 66.6 cm³/mol. The summed E-state index contributed by atoms with van der Waals surface area (Å²) in [4.78, 5) is 14.1. The van der Waals surface area contributed by atoms with Crippen molar-refractivity contribution in [1.29, 1.82) is 5.26 Å². The lowest BCUT2D eigenvalue weighted by Crippen LogP contribution is -2.38. The van der Waals surface area contributed by atoms with Crippen LogP contribution in [0.1, 0.15) is 26.3 Å². The summed E-state index contributed by atoms with van der Waals surface area (Å²) < 4.78 is 0. The lowest BCUT2D eigenvalue weighted by atomic mass is 9.86. The molecule has 0 aromatic heterocycles. The van der Waals surface area contributed by atoms with Gasteiger partial charge in [0.05, 0.1) is 17.4 Å². The van der Waals surface area contributed by atoms with Crippen molar-refractivity contribution in [2.24, 2.45) is 5.92 Å². The SMILES string of the molecule is CC(C#N)CN1C(=O)C(C)(C)c2ccccc21. The standard InChI is InChI=1S/C14H16N2O/c1-10(8-15)9-16-12-7-5-4-6-11(12)14(2,3)13(16)17/h4-7,10H,9H2,1-3H3. The maximum absolute atomic E-state index is 12.4. The minimum absolute atomic E-state index is 0.0841. The Labute approximate surface area is 102 Å². The summed E-state index contributed by atoms with van der Waals surface area (Å²) >= 11 is 0. The lowest BCUT2D eigenvalue weighted by Gasteiger charge is -2.21. The number of anilines is 1. The molecule has 1 heterocycles. The highest BCUT2D eigenvalue weighted by Crippen LogP contribution is 2.41. The van der Waals surface area contributed by atoms with Crippen LogP contribution in [0.25, 0.3) is 0 Å². The van der Waals surface area contributed by atoms with Gasteiger partial charge in [-0.2, -0.15) is 5.26 Å². The molecule has 1 atom stereocenters. The Balaban J connectivity index is 2.44. The summed E-state index contributed by atoms with van der Waals surface area (Å²) in [6.07, 6.45) is 0. The number of hydrogen-bond acceptors (Lipinski definition) is 2. The van der Waals surface area contributed by atoms with Crippen molar-refractivity contribution in [3.63, 3.8) is 0 Å². The fraction of sp³-hybridized carbons (Fsp3) is 0.429. The third-order valence-electron chi connectivity index (χ3n) is 3.32. The molecule has 1 amide bonds. The van der Waals surface area contributed by atoms with Crippen LogP contribution in [-0.2, 0) is 10.2 Å². The van der Waals surface area contributed by atoms with Gasteiger partial charge in [-0.1, -0.05) is 18.2 Å². The van der Waals surface area contributed by atoms with E-state index < -0.39 is 5.41 Å². The Morgan fingerprint density at radius 3 is 2.71 bits per heavy atom. The molecule has 3 heteroatoms. The Morgan fingerprint density at radius 2 is 2.06 bits per heavy atom. The zero-order valence-electron chi connectivity index (χ0n) is 10.4. The first-order chi connectivity index (χ1) is 7.98. The average molecular weight is 228 g/mol. The Bertz CT molecular complexity index is 499. The molecule has 1 unspecified atom stereocenters. The van der Waals surface area contributed by atoms with Crippen molar-refractivity contribution >= 4 is 11.6 Å². The van der Waals surface area contributed by atoms with Crippen molar-refractivity contribution in [2.45, 2.75) is 26.2 Å². The molecular weight excluding hydrogens is 212 g/mol. The maximum atomic E-state index is 12.4. The summed E-state index contributed by atoms with van der Waals surface area (Å²) in [7, 11) is 0. The summed E-state index contributed by atoms with van der Waals surface area (Å²) in [6.45, 7) is 6.17. The molecule has 88 valence electrons. The number of carbonyl (C=O) groups is 1. The Hall–Kier alpha value is -1.82. The first kappa shape index (κ1) is 11.7. The number of nitriles is 1. The van der Waals surface area contributed by atoms with Gasteiger partial charge in [0, 0.05) is 12.2 Å². The fourth-order valence-electron chi connectivity index (χ4n) is 2.30. The van der Waals surface area contributed by atoms with E-state index in [2.05, 4.69) is 6.07 Å². The molecule has 0 radical (unpaired) electrons. The van der Waals surface area contributed by atoms with Crippen LogP contribution in [0, 0.1) is 17.2 Å². The van der Waals surface area contributed by atoms with Gasteiger partial charge in [0.2, 0.25) is 5.91 Å². The van der Waals surface area contributed by atoms with Crippen LogP contribution in [0.3, 0.4) is 0 Å². The van der Waals surface area contributed by atoms with E-state index >= 15 is 0 Å². The molecule has 1 aromatic rings. The number of benzene rings is 1. The second-order valence-corrected chi connectivity index (χ2v) is 5.09. The van der Waals surface area contributed by atoms with Gasteiger partial charge in [-0.05, 0) is 32.4 Å². The van der Waals surface area contributed by atoms with E-state index in [-0.39, 0.29) is 11.8 Å². The Kier molecular flexibility index (Phi) is 2.66. The van der Waals surface area contributed by atoms with Crippen LogP contribution < -0.4 is 4.90 Å². The number of para-hydroxylation sites is 1. The van der Waals surface area contributed by atoms with Gasteiger partial charge in [0.1, 0.15) is 0 Å². The summed E-state index contributed by atoms with van der Waals surface area (Å²) in [6, 6.07) is 10.00. The minimum atomic E-state index is -0.480. The van der Waals surface area contributed by atoms with Crippen LogP contribution in [-0.4, -0.2) is 12.5 Å². The highest BCUT2D eigenvalue weighted by Gasteiger charge is 2.43. The van der Waals surface area contributed by atoms with E-state index in [1.54, 1.807) is 4.90 Å². The van der Waals surface area contributed by atoms with Gasteiger partial charge in [-0.15, -0.1) is 0 Å². The number of nitrogens with zero attached hydrogens (tertiary/aromatic N) is 2. The van der Waals surface area contributed by atoms with Crippen LogP contribution in [0.2, 0.25) is 0 Å². The van der Waals surface area contributed by atoms with Crippen molar-refractivity contribution in [3.05, 3.63) is 29.8 Å². The van der Waals surface area contributed by atoms with Crippen LogP contribution in [0.15, 0.2) is 24.3 Å². The van der Waals surface area contributed by atoms with Gasteiger partial charge < -0.3 is 4.90 Å². The zero-order chi connectivity index (χ0) is 12.6. The second-order valence-electron chi connectivity index (χ2n) is 5.09. The van der Waals surface area contributed by atoms with E-state index in [1.165, 1.54) is 0 Å². The van der Waals surface area contributed by atoms with Crippen LogP contribution in [0.4, 0.5) is 5.69 Å². The molecule has 1 aliphatic heterocycles. The van der Waals surface area contributed by atoms with E-state index in [9.17, 15) is 4.79 Å². The normalized spacial score (nSPS) is 18.7. The third-order valence-corrected chi connectivity index (χ3v) is 3.32. The minimum Gasteiger partial charge on any atom is -0.310 e. The van der Waals surface area contributed by atoms with Gasteiger partial charge in [-0.25, -0.2) is 0 Å². The molecule has 0 bridgehead atoms. The van der Waals surface area contributed by atoms with Gasteiger partial charge >= 0.3 is 0 Å². The molecule has 0 spiro atoms. The van der Waals surface area contributed by atoms with Crippen molar-refractivity contribution in [1.82, 2.24) is 0 Å². The summed E-state index contributed by atoms with van der Waals surface area (Å²) in [5, 5.41) is 8.87. The highest BCUT2D eigenvalue weighted by atomic mass is 16.2. The van der Waals surface area contributed by atoms with E-state index in [4.69, 9.17) is 5.26 Å². The smallest absolute Gasteiger partial charge is 0.237 e. The molecule has 1 aromatic carbocycles. The largest absolute Gasteiger partial charge is 0.310 e. The fourth-order valence-corrected chi connectivity index (χ4v) is 2.30. The molecule has 3 nitrogen and oxygen atoms in total. The number of rotatable bonds is 2.